The van der Waals surface area contributed by atoms with Crippen molar-refractivity contribution in [3.8, 4) is 11.5 Å². The number of ether oxygens (including phenoxy) is 2. The van der Waals surface area contributed by atoms with Gasteiger partial charge in [-0.15, -0.1) is 0 Å². The van der Waals surface area contributed by atoms with Gasteiger partial charge in [0.25, 0.3) is 5.56 Å². The summed E-state index contributed by atoms with van der Waals surface area (Å²) in [4.78, 5) is 12.2. The topological polar surface area (TPSA) is 120 Å². The van der Waals surface area contributed by atoms with Crippen molar-refractivity contribution < 1.29 is 9.47 Å². The highest BCUT2D eigenvalue weighted by Crippen LogP contribution is 2.40. The van der Waals surface area contributed by atoms with Gasteiger partial charge in [-0.05, 0) is 35.0 Å². The number of fused-ring (bicyclic) bond motifs is 2. The largest absolute Gasteiger partial charge is 0.493 e. The lowest BCUT2D eigenvalue weighted by molar-refractivity contribution is 0.354. The number of benzene rings is 1. The molecule has 1 atom stereocenters. The maximum absolute atomic E-state index is 12.2. The number of tetrazole rings is 1. The molecule has 128 valence electrons. The zero-order valence-electron chi connectivity index (χ0n) is 13.8. The number of nitrogens with zero attached hydrogens (tertiary/aromatic N) is 5. The molecule has 3 heterocycles. The Morgan fingerprint density at radius 1 is 1.20 bits per heavy atom. The zero-order chi connectivity index (χ0) is 17.6. The van der Waals surface area contributed by atoms with E-state index >= 15 is 0 Å². The van der Waals surface area contributed by atoms with Crippen LogP contribution in [0.15, 0.2) is 23.0 Å². The summed E-state index contributed by atoms with van der Waals surface area (Å²) in [6, 6.07) is 5.10. The predicted molar refractivity (Wildman–Crippen MR) is 87.5 cm³/mol. The van der Waals surface area contributed by atoms with Gasteiger partial charge in [-0.2, -0.15) is 9.78 Å². The van der Waals surface area contributed by atoms with E-state index in [0.29, 0.717) is 34.4 Å². The second-order valence-electron chi connectivity index (χ2n) is 5.52. The molecular formula is C15H15N7O3. The van der Waals surface area contributed by atoms with Crippen LogP contribution in [0.1, 0.15) is 22.9 Å². The van der Waals surface area contributed by atoms with Crippen molar-refractivity contribution in [2.45, 2.75) is 13.0 Å². The number of aromatic nitrogens is 6. The maximum atomic E-state index is 12.2. The molecule has 1 aliphatic heterocycles. The summed E-state index contributed by atoms with van der Waals surface area (Å²) in [7, 11) is 3.14. The third-order valence-corrected chi connectivity index (χ3v) is 4.18. The van der Waals surface area contributed by atoms with E-state index in [9.17, 15) is 4.79 Å². The van der Waals surface area contributed by atoms with Gasteiger partial charge in [0.05, 0.1) is 19.9 Å². The number of methoxy groups -OCH3 is 2. The van der Waals surface area contributed by atoms with Crippen molar-refractivity contribution in [3.05, 3.63) is 45.4 Å². The number of rotatable bonds is 3. The first-order valence-electron chi connectivity index (χ1n) is 7.50. The average molecular weight is 341 g/mol. The number of H-pyrrole nitrogens is 1. The molecule has 10 nitrogen and oxygen atoms in total. The summed E-state index contributed by atoms with van der Waals surface area (Å²) in [5, 5.41) is 21.2. The molecule has 4 rings (SSSR count). The molecule has 1 aromatic carbocycles. The third-order valence-electron chi connectivity index (χ3n) is 4.18. The Balaban J connectivity index is 1.98. The van der Waals surface area contributed by atoms with E-state index in [1.807, 2.05) is 19.1 Å². The monoisotopic (exact) mass is 341 g/mol. The summed E-state index contributed by atoms with van der Waals surface area (Å²) in [5.41, 5.74) is 2.26. The van der Waals surface area contributed by atoms with Gasteiger partial charge in [-0.3, -0.25) is 4.79 Å². The van der Waals surface area contributed by atoms with Crippen molar-refractivity contribution in [1.82, 2.24) is 30.4 Å². The highest BCUT2D eigenvalue weighted by atomic mass is 16.5. The van der Waals surface area contributed by atoms with E-state index in [1.165, 1.54) is 0 Å². The van der Waals surface area contributed by atoms with Gasteiger partial charge in [0.15, 0.2) is 11.5 Å². The Bertz CT molecular complexity index is 1010. The number of hydrogen-bond acceptors (Lipinski definition) is 8. The lowest BCUT2D eigenvalue weighted by Crippen LogP contribution is -2.29. The molecule has 0 spiro atoms. The molecule has 10 heteroatoms. The average Bonchev–Trinajstić information content (AvgIpc) is 3.11. The van der Waals surface area contributed by atoms with Crippen LogP contribution in [0.2, 0.25) is 0 Å². The van der Waals surface area contributed by atoms with Crippen LogP contribution in [0.25, 0.3) is 0 Å². The van der Waals surface area contributed by atoms with Crippen LogP contribution >= 0.6 is 0 Å². The van der Waals surface area contributed by atoms with Crippen LogP contribution in [0.5, 0.6) is 11.5 Å². The van der Waals surface area contributed by atoms with Crippen molar-refractivity contribution in [1.29, 1.82) is 0 Å². The van der Waals surface area contributed by atoms with Crippen LogP contribution in [0, 0.1) is 6.92 Å². The Kier molecular flexibility index (Phi) is 3.38. The minimum absolute atomic E-state index is 0.333. The van der Waals surface area contributed by atoms with Crippen molar-refractivity contribution in [2.75, 3.05) is 19.5 Å². The molecule has 2 aromatic heterocycles. The summed E-state index contributed by atoms with van der Waals surface area (Å²) in [6.07, 6.45) is 0. The third kappa shape index (κ3) is 2.22. The Labute approximate surface area is 141 Å². The Hall–Kier alpha value is -3.43. The molecule has 2 N–H and O–H groups in total. The standard InChI is InChI=1S/C15H15N7O3/c1-7-11-12(14(23)18-17-7)16-15-19-20-21-22(15)13(11)8-4-5-9(24-2)10(6-8)25-3/h4-6,13H,1-3H3,(H,18,23)(H,16,19,21)/t13-/m0/s1. The van der Waals surface area contributed by atoms with Gasteiger partial charge in [0, 0.05) is 5.56 Å². The van der Waals surface area contributed by atoms with Crippen LogP contribution in [0.4, 0.5) is 11.6 Å². The summed E-state index contributed by atoms with van der Waals surface area (Å²) >= 11 is 0. The van der Waals surface area contributed by atoms with Crippen LogP contribution in [-0.2, 0) is 0 Å². The minimum atomic E-state index is -0.421. The fourth-order valence-corrected chi connectivity index (χ4v) is 3.03. The van der Waals surface area contributed by atoms with Gasteiger partial charge in [0.2, 0.25) is 5.95 Å². The quantitative estimate of drug-likeness (QED) is 0.561. The first kappa shape index (κ1) is 15.1. The molecule has 0 radical (unpaired) electrons. The molecule has 0 aliphatic carbocycles. The SMILES string of the molecule is COc1ccc([C@H]2c3c(C)n[nH]c(=O)c3Nc3nnnn32)cc1OC. The van der Waals surface area contributed by atoms with Crippen LogP contribution in [-0.4, -0.2) is 44.6 Å². The molecular weight excluding hydrogens is 326 g/mol. The molecule has 3 aromatic rings. The van der Waals surface area contributed by atoms with Crippen LogP contribution in [0.3, 0.4) is 0 Å². The highest BCUT2D eigenvalue weighted by molar-refractivity contribution is 5.65. The first-order chi connectivity index (χ1) is 12.1. The summed E-state index contributed by atoms with van der Waals surface area (Å²) in [5.74, 6) is 1.56. The lowest BCUT2D eigenvalue weighted by atomic mass is 9.95. The molecule has 0 bridgehead atoms. The molecule has 1 aliphatic rings. The smallest absolute Gasteiger partial charge is 0.288 e. The fourth-order valence-electron chi connectivity index (χ4n) is 3.03. The van der Waals surface area contributed by atoms with Gasteiger partial charge < -0.3 is 14.8 Å². The van der Waals surface area contributed by atoms with E-state index in [2.05, 4.69) is 31.0 Å². The zero-order valence-corrected chi connectivity index (χ0v) is 13.8. The predicted octanol–water partition coefficient (Wildman–Crippen LogP) is 0.777. The maximum Gasteiger partial charge on any atom is 0.288 e. The van der Waals surface area contributed by atoms with E-state index in [-0.39, 0.29) is 5.56 Å². The fraction of sp³-hybridized carbons (Fsp3) is 0.267. The second kappa shape index (κ2) is 5.58. The molecule has 0 unspecified atom stereocenters. The van der Waals surface area contributed by atoms with Gasteiger partial charge in [-0.1, -0.05) is 11.2 Å². The second-order valence-corrected chi connectivity index (χ2v) is 5.52. The molecule has 0 saturated heterocycles. The van der Waals surface area contributed by atoms with Gasteiger partial charge in [0.1, 0.15) is 11.7 Å². The first-order valence-corrected chi connectivity index (χ1v) is 7.50. The Morgan fingerprint density at radius 3 is 2.76 bits per heavy atom. The van der Waals surface area contributed by atoms with Crippen LogP contribution < -0.4 is 20.3 Å². The van der Waals surface area contributed by atoms with Gasteiger partial charge >= 0.3 is 0 Å². The lowest BCUT2D eigenvalue weighted by Gasteiger charge is -2.27. The Morgan fingerprint density at radius 2 is 2.00 bits per heavy atom. The molecule has 25 heavy (non-hydrogen) atoms. The minimum Gasteiger partial charge on any atom is -0.493 e. The van der Waals surface area contributed by atoms with E-state index in [4.69, 9.17) is 9.47 Å². The normalized spacial score (nSPS) is 15.1. The van der Waals surface area contributed by atoms with Crippen molar-refractivity contribution >= 4 is 11.6 Å². The molecule has 0 amide bonds. The molecule has 0 fully saturated rings. The number of anilines is 2. The van der Waals surface area contributed by atoms with E-state index in [0.717, 1.165) is 5.56 Å². The number of aryl methyl sites for hydroxylation is 1. The summed E-state index contributed by atoms with van der Waals surface area (Å²) in [6.45, 7) is 1.82. The van der Waals surface area contributed by atoms with Gasteiger partial charge in [-0.25, -0.2) is 5.10 Å². The summed E-state index contributed by atoms with van der Waals surface area (Å²) < 4.78 is 12.3. The molecule has 0 saturated carbocycles. The number of nitrogens with one attached hydrogen (secondary N) is 2. The number of aromatic amines is 1. The van der Waals surface area contributed by atoms with Crippen molar-refractivity contribution in [2.24, 2.45) is 0 Å². The number of hydrogen-bond donors (Lipinski definition) is 2. The van der Waals surface area contributed by atoms with E-state index < -0.39 is 6.04 Å². The van der Waals surface area contributed by atoms with Crippen molar-refractivity contribution in [3.63, 3.8) is 0 Å². The van der Waals surface area contributed by atoms with E-state index in [1.54, 1.807) is 25.0 Å². The highest BCUT2D eigenvalue weighted by Gasteiger charge is 2.33.